The first-order chi connectivity index (χ1) is 9.02. The highest BCUT2D eigenvalue weighted by Crippen LogP contribution is 2.32. The molecule has 0 bridgehead atoms. The van der Waals surface area contributed by atoms with Crippen molar-refractivity contribution in [3.63, 3.8) is 0 Å². The molecule has 1 unspecified atom stereocenters. The second-order valence-electron chi connectivity index (χ2n) is 3.96. The van der Waals surface area contributed by atoms with Gasteiger partial charge in [-0.2, -0.15) is 0 Å². The van der Waals surface area contributed by atoms with E-state index in [9.17, 15) is 13.9 Å². The Balaban J connectivity index is 2.45. The van der Waals surface area contributed by atoms with E-state index in [2.05, 4.69) is 15.9 Å². The second-order valence-corrected chi connectivity index (χ2v) is 4.88. The molecule has 1 atom stereocenters. The summed E-state index contributed by atoms with van der Waals surface area (Å²) in [7, 11) is 1.48. The van der Waals surface area contributed by atoms with Crippen molar-refractivity contribution in [2.24, 2.45) is 0 Å². The topological polar surface area (TPSA) is 29.5 Å². The van der Waals surface area contributed by atoms with Crippen LogP contribution < -0.4 is 4.74 Å². The smallest absolute Gasteiger partial charge is 0.159 e. The van der Waals surface area contributed by atoms with Crippen LogP contribution in [0.25, 0.3) is 0 Å². The van der Waals surface area contributed by atoms with Gasteiger partial charge in [0.05, 0.1) is 7.11 Å². The van der Waals surface area contributed by atoms with Gasteiger partial charge in [0.2, 0.25) is 0 Å². The fraction of sp³-hybridized carbons (Fsp3) is 0.143. The standard InChI is InChI=1S/C14H11BrF2O2/c1-19-13-5-3-9(15)7-10(13)14(18)8-2-4-11(16)12(17)6-8/h2-7,14,18H,1H3. The lowest BCUT2D eigenvalue weighted by atomic mass is 10.0. The molecule has 0 radical (unpaired) electrons. The highest BCUT2D eigenvalue weighted by atomic mass is 79.9. The summed E-state index contributed by atoms with van der Waals surface area (Å²) in [5, 5.41) is 10.3. The molecular weight excluding hydrogens is 318 g/mol. The lowest BCUT2D eigenvalue weighted by Gasteiger charge is -2.15. The Morgan fingerprint density at radius 3 is 2.47 bits per heavy atom. The van der Waals surface area contributed by atoms with E-state index < -0.39 is 17.7 Å². The third-order valence-corrected chi connectivity index (χ3v) is 3.24. The number of hydrogen-bond donors (Lipinski definition) is 1. The van der Waals surface area contributed by atoms with Gasteiger partial charge < -0.3 is 9.84 Å². The predicted molar refractivity (Wildman–Crippen MR) is 71.1 cm³/mol. The fourth-order valence-electron chi connectivity index (χ4n) is 1.78. The van der Waals surface area contributed by atoms with Gasteiger partial charge in [-0.15, -0.1) is 0 Å². The Hall–Kier alpha value is -1.46. The number of hydrogen-bond acceptors (Lipinski definition) is 2. The van der Waals surface area contributed by atoms with Crippen LogP contribution in [0.2, 0.25) is 0 Å². The number of halogens is 3. The maximum absolute atomic E-state index is 13.2. The Morgan fingerprint density at radius 2 is 1.84 bits per heavy atom. The molecule has 19 heavy (non-hydrogen) atoms. The zero-order valence-corrected chi connectivity index (χ0v) is 11.6. The lowest BCUT2D eigenvalue weighted by molar-refractivity contribution is 0.214. The van der Waals surface area contributed by atoms with Gasteiger partial charge in [-0.3, -0.25) is 0 Å². The molecule has 0 amide bonds. The van der Waals surface area contributed by atoms with Crippen molar-refractivity contribution in [2.75, 3.05) is 7.11 Å². The van der Waals surface area contributed by atoms with Gasteiger partial charge in [0.1, 0.15) is 11.9 Å². The first-order valence-electron chi connectivity index (χ1n) is 5.49. The number of methoxy groups -OCH3 is 1. The largest absolute Gasteiger partial charge is 0.496 e. The summed E-state index contributed by atoms with van der Waals surface area (Å²) in [5.41, 5.74) is 0.734. The van der Waals surface area contributed by atoms with E-state index in [1.165, 1.54) is 13.2 Å². The predicted octanol–water partition coefficient (Wildman–Crippen LogP) is 3.82. The maximum Gasteiger partial charge on any atom is 0.159 e. The Bertz CT molecular complexity index is 602. The van der Waals surface area contributed by atoms with E-state index in [1.54, 1.807) is 18.2 Å². The van der Waals surface area contributed by atoms with E-state index in [0.29, 0.717) is 11.3 Å². The molecule has 0 saturated heterocycles. The molecule has 2 rings (SSSR count). The van der Waals surface area contributed by atoms with Crippen molar-refractivity contribution in [1.29, 1.82) is 0 Å². The van der Waals surface area contributed by atoms with Gasteiger partial charge in [-0.05, 0) is 35.9 Å². The average Bonchev–Trinajstić information content (AvgIpc) is 2.41. The summed E-state index contributed by atoms with van der Waals surface area (Å²) >= 11 is 3.29. The summed E-state index contributed by atoms with van der Waals surface area (Å²) in [6.07, 6.45) is -1.09. The van der Waals surface area contributed by atoms with Crippen molar-refractivity contribution in [1.82, 2.24) is 0 Å². The minimum Gasteiger partial charge on any atom is -0.496 e. The molecule has 100 valence electrons. The molecule has 2 aromatic rings. The third-order valence-electron chi connectivity index (χ3n) is 2.75. The first kappa shape index (κ1) is 14.0. The zero-order valence-electron chi connectivity index (χ0n) is 10.0. The van der Waals surface area contributed by atoms with Crippen LogP contribution >= 0.6 is 15.9 Å². The normalized spacial score (nSPS) is 12.3. The van der Waals surface area contributed by atoms with Gasteiger partial charge in [0, 0.05) is 10.0 Å². The molecule has 1 N–H and O–H groups in total. The van der Waals surface area contributed by atoms with E-state index in [-0.39, 0.29) is 5.56 Å². The Labute approximate surface area is 117 Å². The SMILES string of the molecule is COc1ccc(Br)cc1C(O)c1ccc(F)c(F)c1. The van der Waals surface area contributed by atoms with E-state index in [0.717, 1.165) is 16.6 Å². The van der Waals surface area contributed by atoms with Crippen molar-refractivity contribution in [2.45, 2.75) is 6.10 Å². The molecule has 2 nitrogen and oxygen atoms in total. The molecule has 2 aromatic carbocycles. The number of ether oxygens (including phenoxy) is 1. The fourth-order valence-corrected chi connectivity index (χ4v) is 2.16. The quantitative estimate of drug-likeness (QED) is 0.928. The number of aliphatic hydroxyl groups is 1. The molecule has 0 heterocycles. The van der Waals surface area contributed by atoms with E-state index in [4.69, 9.17) is 4.74 Å². The van der Waals surface area contributed by atoms with E-state index in [1.807, 2.05) is 0 Å². The summed E-state index contributed by atoms with van der Waals surface area (Å²) in [6, 6.07) is 8.41. The molecule has 0 aliphatic carbocycles. The summed E-state index contributed by atoms with van der Waals surface area (Å²) in [4.78, 5) is 0. The number of benzene rings is 2. The van der Waals surface area contributed by atoms with Crippen LogP contribution in [-0.4, -0.2) is 12.2 Å². The molecule has 0 aliphatic heterocycles. The van der Waals surface area contributed by atoms with Crippen LogP contribution in [0.3, 0.4) is 0 Å². The molecule has 5 heteroatoms. The van der Waals surface area contributed by atoms with Crippen LogP contribution in [0.4, 0.5) is 8.78 Å². The van der Waals surface area contributed by atoms with Gasteiger partial charge in [-0.1, -0.05) is 22.0 Å². The van der Waals surface area contributed by atoms with Crippen LogP contribution in [0.1, 0.15) is 17.2 Å². The Morgan fingerprint density at radius 1 is 1.11 bits per heavy atom. The van der Waals surface area contributed by atoms with Crippen LogP contribution in [0.15, 0.2) is 40.9 Å². The van der Waals surface area contributed by atoms with E-state index >= 15 is 0 Å². The zero-order chi connectivity index (χ0) is 14.0. The van der Waals surface area contributed by atoms with Crippen molar-refractivity contribution >= 4 is 15.9 Å². The minimum absolute atomic E-state index is 0.260. The average molecular weight is 329 g/mol. The summed E-state index contributed by atoms with van der Waals surface area (Å²) in [6.45, 7) is 0. The van der Waals surface area contributed by atoms with Crippen LogP contribution in [-0.2, 0) is 0 Å². The van der Waals surface area contributed by atoms with Gasteiger partial charge >= 0.3 is 0 Å². The van der Waals surface area contributed by atoms with Crippen LogP contribution in [0.5, 0.6) is 5.75 Å². The van der Waals surface area contributed by atoms with Crippen LogP contribution in [0, 0.1) is 11.6 Å². The van der Waals surface area contributed by atoms with Crippen molar-refractivity contribution in [3.8, 4) is 5.75 Å². The van der Waals surface area contributed by atoms with Crippen molar-refractivity contribution in [3.05, 3.63) is 63.6 Å². The second kappa shape index (κ2) is 5.67. The maximum atomic E-state index is 13.2. The van der Waals surface area contributed by atoms with Crippen molar-refractivity contribution < 1.29 is 18.6 Å². The Kier molecular flexibility index (Phi) is 4.17. The molecule has 0 fully saturated rings. The minimum atomic E-state index is -1.09. The number of rotatable bonds is 3. The molecule has 0 spiro atoms. The third kappa shape index (κ3) is 2.93. The van der Waals surface area contributed by atoms with Gasteiger partial charge in [-0.25, -0.2) is 8.78 Å². The monoisotopic (exact) mass is 328 g/mol. The molecule has 0 aromatic heterocycles. The summed E-state index contributed by atoms with van der Waals surface area (Å²) < 4.78 is 32.0. The summed E-state index contributed by atoms with van der Waals surface area (Å²) in [5.74, 6) is -1.47. The van der Waals surface area contributed by atoms with Gasteiger partial charge in [0.15, 0.2) is 11.6 Å². The van der Waals surface area contributed by atoms with Gasteiger partial charge in [0.25, 0.3) is 0 Å². The first-order valence-corrected chi connectivity index (χ1v) is 6.28. The number of aliphatic hydroxyl groups excluding tert-OH is 1. The lowest BCUT2D eigenvalue weighted by Crippen LogP contribution is -2.03. The highest BCUT2D eigenvalue weighted by molar-refractivity contribution is 9.10. The molecule has 0 aliphatic rings. The molecular formula is C14H11BrF2O2. The highest BCUT2D eigenvalue weighted by Gasteiger charge is 2.17. The molecule has 0 saturated carbocycles.